The predicted molar refractivity (Wildman–Crippen MR) is 73.3 cm³/mol. The third kappa shape index (κ3) is 3.54. The number of rotatable bonds is 6. The fraction of sp³-hybridized carbons (Fsp3) is 0.500. The van der Waals surface area contributed by atoms with Crippen LogP contribution in [-0.2, 0) is 11.3 Å². The first kappa shape index (κ1) is 14.5. The summed E-state index contributed by atoms with van der Waals surface area (Å²) < 4.78 is 0. The number of aliphatic carboxylic acids is 1. The van der Waals surface area contributed by atoms with E-state index in [1.165, 1.54) is 12.1 Å². The molecule has 1 aliphatic rings. The van der Waals surface area contributed by atoms with Crippen molar-refractivity contribution in [1.29, 1.82) is 0 Å². The number of hydrogen-bond donors (Lipinski definition) is 2. The van der Waals surface area contributed by atoms with Crippen molar-refractivity contribution in [3.8, 4) is 0 Å². The molecule has 0 bridgehead atoms. The summed E-state index contributed by atoms with van der Waals surface area (Å²) in [5, 5.41) is 23.0. The minimum absolute atomic E-state index is 0.0774. The van der Waals surface area contributed by atoms with Gasteiger partial charge in [-0.3, -0.25) is 14.9 Å². The Morgan fingerprint density at radius 2 is 2.25 bits per heavy atom. The molecule has 6 heteroatoms. The highest BCUT2D eigenvalue weighted by atomic mass is 16.6. The molecule has 108 valence electrons. The van der Waals surface area contributed by atoms with E-state index in [-0.39, 0.29) is 17.5 Å². The molecule has 20 heavy (non-hydrogen) atoms. The molecule has 0 amide bonds. The lowest BCUT2D eigenvalue weighted by Gasteiger charge is -2.16. The van der Waals surface area contributed by atoms with Crippen molar-refractivity contribution >= 4 is 11.7 Å². The lowest BCUT2D eigenvalue weighted by atomic mass is 9.96. The second-order valence-corrected chi connectivity index (χ2v) is 5.19. The number of carboxylic acids is 1. The van der Waals surface area contributed by atoms with Gasteiger partial charge in [-0.1, -0.05) is 18.6 Å². The van der Waals surface area contributed by atoms with Crippen molar-refractivity contribution < 1.29 is 14.8 Å². The van der Waals surface area contributed by atoms with Crippen LogP contribution in [0.5, 0.6) is 0 Å². The van der Waals surface area contributed by atoms with Gasteiger partial charge in [-0.25, -0.2) is 0 Å². The zero-order valence-corrected chi connectivity index (χ0v) is 11.1. The van der Waals surface area contributed by atoms with Gasteiger partial charge in [-0.05, 0) is 30.9 Å². The lowest BCUT2D eigenvalue weighted by molar-refractivity contribution is -0.384. The van der Waals surface area contributed by atoms with Crippen LogP contribution in [0.1, 0.15) is 24.8 Å². The van der Waals surface area contributed by atoms with E-state index in [0.717, 1.165) is 24.8 Å². The SMILES string of the molecule is O=C(O)C1CCCC1CNCc1cccc([N+](=O)[O-])c1. The molecule has 1 aromatic carbocycles. The number of carboxylic acid groups (broad SMARTS) is 1. The van der Waals surface area contributed by atoms with Gasteiger partial charge >= 0.3 is 5.97 Å². The molecule has 0 heterocycles. The fourth-order valence-corrected chi connectivity index (χ4v) is 2.79. The molecule has 1 fully saturated rings. The molecule has 0 aromatic heterocycles. The lowest BCUT2D eigenvalue weighted by Crippen LogP contribution is -2.28. The molecular weight excluding hydrogens is 260 g/mol. The number of nitrogens with one attached hydrogen (secondary N) is 1. The Kier molecular flexibility index (Phi) is 4.68. The van der Waals surface area contributed by atoms with Crippen molar-refractivity contribution in [2.75, 3.05) is 6.54 Å². The zero-order chi connectivity index (χ0) is 14.5. The van der Waals surface area contributed by atoms with E-state index in [2.05, 4.69) is 5.32 Å². The first-order valence-electron chi connectivity index (χ1n) is 6.75. The molecule has 2 atom stereocenters. The molecule has 2 unspecified atom stereocenters. The second kappa shape index (κ2) is 6.47. The molecule has 2 rings (SSSR count). The number of nitrogens with zero attached hydrogens (tertiary/aromatic N) is 1. The first-order chi connectivity index (χ1) is 9.58. The standard InChI is InChI=1S/C14H18N2O4/c17-14(18)13-6-2-4-11(13)9-15-8-10-3-1-5-12(7-10)16(19)20/h1,3,5,7,11,13,15H,2,4,6,8-9H2,(H,17,18). The summed E-state index contributed by atoms with van der Waals surface area (Å²) in [7, 11) is 0. The van der Waals surface area contributed by atoms with Gasteiger partial charge in [-0.2, -0.15) is 0 Å². The summed E-state index contributed by atoms with van der Waals surface area (Å²) >= 11 is 0. The van der Waals surface area contributed by atoms with Crippen molar-refractivity contribution in [2.24, 2.45) is 11.8 Å². The van der Waals surface area contributed by atoms with E-state index < -0.39 is 10.9 Å². The Morgan fingerprint density at radius 3 is 2.95 bits per heavy atom. The van der Waals surface area contributed by atoms with Gasteiger partial charge in [0.2, 0.25) is 0 Å². The summed E-state index contributed by atoms with van der Waals surface area (Å²) in [6.45, 7) is 1.16. The van der Waals surface area contributed by atoms with Crippen LogP contribution in [0.4, 0.5) is 5.69 Å². The predicted octanol–water partition coefficient (Wildman–Crippen LogP) is 2.19. The maximum atomic E-state index is 11.1. The van der Waals surface area contributed by atoms with E-state index in [4.69, 9.17) is 5.11 Å². The van der Waals surface area contributed by atoms with Crippen LogP contribution in [-0.4, -0.2) is 22.5 Å². The summed E-state index contributed by atoms with van der Waals surface area (Å²) in [6, 6.07) is 6.48. The summed E-state index contributed by atoms with van der Waals surface area (Å²) in [5.74, 6) is -0.816. The Bertz CT molecular complexity index is 504. The smallest absolute Gasteiger partial charge is 0.306 e. The highest BCUT2D eigenvalue weighted by Gasteiger charge is 2.32. The molecule has 2 N–H and O–H groups in total. The highest BCUT2D eigenvalue weighted by Crippen LogP contribution is 2.31. The Hall–Kier alpha value is -1.95. The Morgan fingerprint density at radius 1 is 1.45 bits per heavy atom. The van der Waals surface area contributed by atoms with Gasteiger partial charge in [0.15, 0.2) is 0 Å². The highest BCUT2D eigenvalue weighted by molar-refractivity contribution is 5.70. The molecular formula is C14H18N2O4. The summed E-state index contributed by atoms with van der Waals surface area (Å²) in [5.41, 5.74) is 0.914. The van der Waals surface area contributed by atoms with Gasteiger partial charge in [0.25, 0.3) is 5.69 Å². The van der Waals surface area contributed by atoms with Gasteiger partial charge < -0.3 is 10.4 Å². The monoisotopic (exact) mass is 278 g/mol. The van der Waals surface area contributed by atoms with Crippen molar-refractivity contribution in [2.45, 2.75) is 25.8 Å². The van der Waals surface area contributed by atoms with Crippen LogP contribution in [0, 0.1) is 22.0 Å². The van der Waals surface area contributed by atoms with Crippen molar-refractivity contribution in [1.82, 2.24) is 5.32 Å². The molecule has 0 spiro atoms. The topological polar surface area (TPSA) is 92.5 Å². The number of hydrogen-bond acceptors (Lipinski definition) is 4. The van der Waals surface area contributed by atoms with Gasteiger partial charge in [0, 0.05) is 18.7 Å². The number of nitro groups is 1. The van der Waals surface area contributed by atoms with Crippen molar-refractivity contribution in [3.05, 3.63) is 39.9 Å². The van der Waals surface area contributed by atoms with Gasteiger partial charge in [0.05, 0.1) is 10.8 Å². The Balaban J connectivity index is 1.85. The Labute approximate surface area is 117 Å². The normalized spacial score (nSPS) is 21.8. The maximum Gasteiger partial charge on any atom is 0.306 e. The van der Waals surface area contributed by atoms with E-state index >= 15 is 0 Å². The summed E-state index contributed by atoms with van der Waals surface area (Å²) in [4.78, 5) is 21.3. The van der Waals surface area contributed by atoms with E-state index in [9.17, 15) is 14.9 Å². The minimum atomic E-state index is -0.718. The van der Waals surface area contributed by atoms with Crippen LogP contribution in [0.25, 0.3) is 0 Å². The van der Waals surface area contributed by atoms with Crippen LogP contribution in [0.2, 0.25) is 0 Å². The number of carbonyl (C=O) groups is 1. The molecule has 1 aliphatic carbocycles. The first-order valence-corrected chi connectivity index (χ1v) is 6.75. The molecule has 0 aliphatic heterocycles. The number of non-ortho nitro benzene ring substituents is 1. The van der Waals surface area contributed by atoms with E-state index in [1.54, 1.807) is 6.07 Å². The third-order valence-electron chi connectivity index (χ3n) is 3.83. The number of benzene rings is 1. The van der Waals surface area contributed by atoms with E-state index in [0.29, 0.717) is 13.1 Å². The van der Waals surface area contributed by atoms with Gasteiger partial charge in [0.1, 0.15) is 0 Å². The second-order valence-electron chi connectivity index (χ2n) is 5.19. The molecule has 1 aromatic rings. The molecule has 0 saturated heterocycles. The average molecular weight is 278 g/mol. The quantitative estimate of drug-likeness (QED) is 0.614. The molecule has 1 saturated carbocycles. The van der Waals surface area contributed by atoms with Crippen LogP contribution in [0.3, 0.4) is 0 Å². The fourth-order valence-electron chi connectivity index (χ4n) is 2.79. The maximum absolute atomic E-state index is 11.1. The third-order valence-corrected chi connectivity index (χ3v) is 3.83. The van der Waals surface area contributed by atoms with Crippen LogP contribution in [0.15, 0.2) is 24.3 Å². The van der Waals surface area contributed by atoms with E-state index in [1.807, 2.05) is 6.07 Å². The zero-order valence-electron chi connectivity index (χ0n) is 11.1. The van der Waals surface area contributed by atoms with Gasteiger partial charge in [-0.15, -0.1) is 0 Å². The van der Waals surface area contributed by atoms with Crippen molar-refractivity contribution in [3.63, 3.8) is 0 Å². The average Bonchev–Trinajstić information content (AvgIpc) is 2.87. The van der Waals surface area contributed by atoms with Crippen LogP contribution < -0.4 is 5.32 Å². The largest absolute Gasteiger partial charge is 0.481 e. The minimum Gasteiger partial charge on any atom is -0.481 e. The molecule has 6 nitrogen and oxygen atoms in total. The molecule has 0 radical (unpaired) electrons. The summed E-state index contributed by atoms with van der Waals surface area (Å²) in [6.07, 6.45) is 2.64. The number of nitro benzene ring substituents is 1. The van der Waals surface area contributed by atoms with Crippen LogP contribution >= 0.6 is 0 Å².